The van der Waals surface area contributed by atoms with Crippen molar-refractivity contribution in [3.8, 4) is 0 Å². The molecule has 0 saturated carbocycles. The molecular formula is C16H20N2O2. The molecule has 1 heterocycles. The van der Waals surface area contributed by atoms with Crippen LogP contribution in [-0.4, -0.2) is 33.5 Å². The van der Waals surface area contributed by atoms with Gasteiger partial charge >= 0.3 is 5.97 Å². The maximum atomic E-state index is 11.0. The number of aromatic nitrogens is 1. The van der Waals surface area contributed by atoms with E-state index in [0.717, 1.165) is 22.9 Å². The van der Waals surface area contributed by atoms with E-state index in [-0.39, 0.29) is 12.6 Å². The second-order valence-corrected chi connectivity index (χ2v) is 5.05. The van der Waals surface area contributed by atoms with Crippen molar-refractivity contribution >= 4 is 16.9 Å². The molecule has 0 spiro atoms. The zero-order valence-corrected chi connectivity index (χ0v) is 11.9. The standard InChI is InChI=1S/C16H20N2O2/c1-3-12(2)18(11-15(19)20)10-14-7-4-6-13-8-5-9-17-16(13)14/h4-9,12H,3,10-11H2,1-2H3,(H,19,20). The number of hydrogen-bond donors (Lipinski definition) is 1. The van der Waals surface area contributed by atoms with E-state index >= 15 is 0 Å². The van der Waals surface area contributed by atoms with Gasteiger partial charge in [0.25, 0.3) is 0 Å². The van der Waals surface area contributed by atoms with Crippen molar-refractivity contribution in [2.75, 3.05) is 6.54 Å². The predicted octanol–water partition coefficient (Wildman–Crippen LogP) is 2.92. The zero-order valence-electron chi connectivity index (χ0n) is 11.9. The Morgan fingerprint density at radius 3 is 2.80 bits per heavy atom. The molecule has 2 rings (SSSR count). The van der Waals surface area contributed by atoms with Gasteiger partial charge in [0.1, 0.15) is 0 Å². The van der Waals surface area contributed by atoms with Crippen molar-refractivity contribution in [1.82, 2.24) is 9.88 Å². The van der Waals surface area contributed by atoms with Gasteiger partial charge in [-0.15, -0.1) is 0 Å². The van der Waals surface area contributed by atoms with E-state index in [1.165, 1.54) is 0 Å². The molecule has 1 aromatic heterocycles. The Morgan fingerprint density at radius 1 is 1.35 bits per heavy atom. The van der Waals surface area contributed by atoms with Crippen molar-refractivity contribution in [3.05, 3.63) is 42.1 Å². The maximum absolute atomic E-state index is 11.0. The van der Waals surface area contributed by atoms with Gasteiger partial charge in [0.15, 0.2) is 0 Å². The Morgan fingerprint density at radius 2 is 2.10 bits per heavy atom. The summed E-state index contributed by atoms with van der Waals surface area (Å²) < 4.78 is 0. The first-order chi connectivity index (χ1) is 9.61. The van der Waals surface area contributed by atoms with Crippen LogP contribution in [0.25, 0.3) is 10.9 Å². The normalized spacial score (nSPS) is 12.8. The minimum absolute atomic E-state index is 0.0538. The number of pyridine rings is 1. The average Bonchev–Trinajstić information content (AvgIpc) is 2.45. The minimum Gasteiger partial charge on any atom is -0.480 e. The summed E-state index contributed by atoms with van der Waals surface area (Å²) in [6, 6.07) is 10.2. The molecular weight excluding hydrogens is 252 g/mol. The summed E-state index contributed by atoms with van der Waals surface area (Å²) in [7, 11) is 0. The van der Waals surface area contributed by atoms with Crippen LogP contribution in [-0.2, 0) is 11.3 Å². The van der Waals surface area contributed by atoms with Crippen molar-refractivity contribution in [3.63, 3.8) is 0 Å². The van der Waals surface area contributed by atoms with Crippen LogP contribution in [0, 0.1) is 0 Å². The number of hydrogen-bond acceptors (Lipinski definition) is 3. The Balaban J connectivity index is 2.30. The van der Waals surface area contributed by atoms with Gasteiger partial charge < -0.3 is 5.11 Å². The van der Waals surface area contributed by atoms with Gasteiger partial charge in [0.05, 0.1) is 12.1 Å². The number of para-hydroxylation sites is 1. The molecule has 0 radical (unpaired) electrons. The lowest BCUT2D eigenvalue weighted by molar-refractivity contribution is -0.139. The van der Waals surface area contributed by atoms with Crippen LogP contribution in [0.4, 0.5) is 0 Å². The lowest BCUT2D eigenvalue weighted by Crippen LogP contribution is -2.36. The van der Waals surface area contributed by atoms with E-state index in [0.29, 0.717) is 6.54 Å². The van der Waals surface area contributed by atoms with Crippen molar-refractivity contribution in [2.24, 2.45) is 0 Å². The highest BCUT2D eigenvalue weighted by molar-refractivity contribution is 5.81. The Bertz CT molecular complexity index is 593. The SMILES string of the molecule is CCC(C)N(CC(=O)O)Cc1cccc2cccnc12. The molecule has 20 heavy (non-hydrogen) atoms. The molecule has 4 heteroatoms. The second-order valence-electron chi connectivity index (χ2n) is 5.05. The van der Waals surface area contributed by atoms with Crippen molar-refractivity contribution in [1.29, 1.82) is 0 Å². The van der Waals surface area contributed by atoms with Crippen LogP contribution < -0.4 is 0 Å². The van der Waals surface area contributed by atoms with E-state index in [2.05, 4.69) is 18.8 Å². The average molecular weight is 272 g/mol. The first-order valence-electron chi connectivity index (χ1n) is 6.90. The van der Waals surface area contributed by atoms with E-state index in [1.807, 2.05) is 35.2 Å². The summed E-state index contributed by atoms with van der Waals surface area (Å²) >= 11 is 0. The molecule has 1 atom stereocenters. The molecule has 4 nitrogen and oxygen atoms in total. The van der Waals surface area contributed by atoms with Gasteiger partial charge in [-0.25, -0.2) is 0 Å². The quantitative estimate of drug-likeness (QED) is 0.878. The number of carboxylic acids is 1. The third-order valence-corrected chi connectivity index (χ3v) is 3.64. The van der Waals surface area contributed by atoms with E-state index < -0.39 is 5.97 Å². The number of benzene rings is 1. The van der Waals surface area contributed by atoms with Gasteiger partial charge in [-0.2, -0.15) is 0 Å². The molecule has 0 aliphatic carbocycles. The van der Waals surface area contributed by atoms with Gasteiger partial charge in [0, 0.05) is 24.2 Å². The zero-order chi connectivity index (χ0) is 14.5. The Hall–Kier alpha value is -1.94. The minimum atomic E-state index is -0.793. The van der Waals surface area contributed by atoms with E-state index in [1.54, 1.807) is 6.20 Å². The third-order valence-electron chi connectivity index (χ3n) is 3.64. The largest absolute Gasteiger partial charge is 0.480 e. The number of carbonyl (C=O) groups is 1. The molecule has 0 aliphatic rings. The summed E-state index contributed by atoms with van der Waals surface area (Å²) in [6.07, 6.45) is 2.70. The molecule has 0 fully saturated rings. The fraction of sp³-hybridized carbons (Fsp3) is 0.375. The van der Waals surface area contributed by atoms with Crippen molar-refractivity contribution in [2.45, 2.75) is 32.9 Å². The molecule has 0 aliphatic heterocycles. The van der Waals surface area contributed by atoms with Crippen LogP contribution in [0.5, 0.6) is 0 Å². The fourth-order valence-corrected chi connectivity index (χ4v) is 2.31. The lowest BCUT2D eigenvalue weighted by atomic mass is 10.1. The number of nitrogens with zero attached hydrogens (tertiary/aromatic N) is 2. The highest BCUT2D eigenvalue weighted by Gasteiger charge is 2.17. The molecule has 2 aromatic rings. The molecule has 1 N–H and O–H groups in total. The number of fused-ring (bicyclic) bond motifs is 1. The molecule has 1 unspecified atom stereocenters. The summed E-state index contributed by atoms with van der Waals surface area (Å²) in [5.41, 5.74) is 2.03. The van der Waals surface area contributed by atoms with Crippen LogP contribution >= 0.6 is 0 Å². The summed E-state index contributed by atoms with van der Waals surface area (Å²) in [4.78, 5) is 17.4. The topological polar surface area (TPSA) is 53.4 Å². The molecule has 1 aromatic carbocycles. The van der Waals surface area contributed by atoms with E-state index in [9.17, 15) is 4.79 Å². The summed E-state index contributed by atoms with van der Waals surface area (Å²) in [6.45, 7) is 4.79. The predicted molar refractivity (Wildman–Crippen MR) is 79.5 cm³/mol. The van der Waals surface area contributed by atoms with Crippen molar-refractivity contribution < 1.29 is 9.90 Å². The third kappa shape index (κ3) is 3.33. The first kappa shape index (κ1) is 14.5. The molecule has 106 valence electrons. The number of carboxylic acid groups (broad SMARTS) is 1. The smallest absolute Gasteiger partial charge is 0.317 e. The Kier molecular flexibility index (Phi) is 4.69. The Labute approximate surface area is 119 Å². The van der Waals surface area contributed by atoms with Gasteiger partial charge in [0.2, 0.25) is 0 Å². The van der Waals surface area contributed by atoms with Crippen LogP contribution in [0.3, 0.4) is 0 Å². The summed E-state index contributed by atoms with van der Waals surface area (Å²) in [5, 5.41) is 10.1. The number of rotatable bonds is 6. The fourth-order valence-electron chi connectivity index (χ4n) is 2.31. The van der Waals surface area contributed by atoms with E-state index in [4.69, 9.17) is 5.11 Å². The lowest BCUT2D eigenvalue weighted by Gasteiger charge is -2.27. The van der Waals surface area contributed by atoms with Gasteiger partial charge in [-0.05, 0) is 25.0 Å². The molecule has 0 amide bonds. The second kappa shape index (κ2) is 6.48. The van der Waals surface area contributed by atoms with Gasteiger partial charge in [-0.1, -0.05) is 31.2 Å². The summed E-state index contributed by atoms with van der Waals surface area (Å²) in [5.74, 6) is -0.793. The number of aliphatic carboxylic acids is 1. The maximum Gasteiger partial charge on any atom is 0.317 e. The highest BCUT2D eigenvalue weighted by atomic mass is 16.4. The van der Waals surface area contributed by atoms with Crippen LogP contribution in [0.2, 0.25) is 0 Å². The van der Waals surface area contributed by atoms with Crippen LogP contribution in [0.1, 0.15) is 25.8 Å². The first-order valence-corrected chi connectivity index (χ1v) is 6.90. The molecule has 0 saturated heterocycles. The highest BCUT2D eigenvalue weighted by Crippen LogP contribution is 2.19. The monoisotopic (exact) mass is 272 g/mol. The van der Waals surface area contributed by atoms with Gasteiger partial charge in [-0.3, -0.25) is 14.7 Å². The molecule has 0 bridgehead atoms. The van der Waals surface area contributed by atoms with Crippen LogP contribution in [0.15, 0.2) is 36.5 Å².